The van der Waals surface area contributed by atoms with Crippen molar-refractivity contribution in [3.8, 4) is 11.8 Å². The van der Waals surface area contributed by atoms with Crippen molar-refractivity contribution in [3.05, 3.63) is 75.6 Å². The Hall–Kier alpha value is -2.62. The fraction of sp³-hybridized carbons (Fsp3) is 0. The van der Waals surface area contributed by atoms with Crippen LogP contribution in [-0.4, -0.2) is 13.5 Å². The SMILES string of the molecule is N#C/C(=C\c1c(O)c(Br)cc2ccccc12)S(=O)(=O)c1ccccc1. The van der Waals surface area contributed by atoms with E-state index in [1.54, 1.807) is 42.5 Å². The smallest absolute Gasteiger partial charge is 0.216 e. The van der Waals surface area contributed by atoms with Crippen LogP contribution in [-0.2, 0) is 9.84 Å². The maximum atomic E-state index is 12.7. The second kappa shape index (κ2) is 6.71. The number of phenols is 1. The lowest BCUT2D eigenvalue weighted by molar-refractivity contribution is 0.471. The average molecular weight is 414 g/mol. The zero-order valence-electron chi connectivity index (χ0n) is 12.8. The van der Waals surface area contributed by atoms with Crippen molar-refractivity contribution in [1.82, 2.24) is 0 Å². The molecule has 1 N–H and O–H groups in total. The molecule has 3 aromatic rings. The Morgan fingerprint density at radius 3 is 2.40 bits per heavy atom. The maximum absolute atomic E-state index is 12.7. The van der Waals surface area contributed by atoms with E-state index in [-0.39, 0.29) is 16.2 Å². The van der Waals surface area contributed by atoms with E-state index in [9.17, 15) is 18.8 Å². The van der Waals surface area contributed by atoms with E-state index in [1.165, 1.54) is 18.2 Å². The zero-order valence-corrected chi connectivity index (χ0v) is 15.3. The van der Waals surface area contributed by atoms with E-state index in [1.807, 2.05) is 12.1 Å². The van der Waals surface area contributed by atoms with Crippen molar-refractivity contribution < 1.29 is 13.5 Å². The van der Waals surface area contributed by atoms with E-state index in [0.717, 1.165) is 5.39 Å². The maximum Gasteiger partial charge on any atom is 0.216 e. The average Bonchev–Trinajstić information content (AvgIpc) is 2.63. The third-order valence-electron chi connectivity index (χ3n) is 3.74. The molecule has 0 amide bonds. The number of benzene rings is 3. The van der Waals surface area contributed by atoms with Gasteiger partial charge in [-0.3, -0.25) is 0 Å². The predicted molar refractivity (Wildman–Crippen MR) is 101 cm³/mol. The first-order valence-corrected chi connectivity index (χ1v) is 9.55. The molecule has 0 aliphatic rings. The summed E-state index contributed by atoms with van der Waals surface area (Å²) in [6, 6.07) is 18.4. The Bertz CT molecular complexity index is 1130. The lowest BCUT2D eigenvalue weighted by Crippen LogP contribution is -2.03. The molecule has 3 rings (SSSR count). The van der Waals surface area contributed by atoms with Crippen molar-refractivity contribution in [2.75, 3.05) is 0 Å². The Balaban J connectivity index is 2.28. The second-order valence-electron chi connectivity index (χ2n) is 5.28. The van der Waals surface area contributed by atoms with Crippen LogP contribution in [0.5, 0.6) is 5.75 Å². The summed E-state index contributed by atoms with van der Waals surface area (Å²) in [6.07, 6.45) is 1.21. The van der Waals surface area contributed by atoms with Crippen molar-refractivity contribution in [2.45, 2.75) is 4.90 Å². The number of nitriles is 1. The van der Waals surface area contributed by atoms with Crippen molar-refractivity contribution in [1.29, 1.82) is 5.26 Å². The minimum Gasteiger partial charge on any atom is -0.506 e. The Morgan fingerprint density at radius 1 is 1.08 bits per heavy atom. The van der Waals surface area contributed by atoms with Crippen molar-refractivity contribution in [3.63, 3.8) is 0 Å². The first kappa shape index (κ1) is 17.2. The molecule has 4 nitrogen and oxygen atoms in total. The quantitative estimate of drug-likeness (QED) is 0.633. The molecule has 0 aliphatic heterocycles. The Labute approximate surface area is 153 Å². The summed E-state index contributed by atoms with van der Waals surface area (Å²) in [4.78, 5) is -0.404. The molecule has 0 unspecified atom stereocenters. The summed E-state index contributed by atoms with van der Waals surface area (Å²) in [7, 11) is -3.97. The molecule has 0 atom stereocenters. The molecule has 0 bridgehead atoms. The van der Waals surface area contributed by atoms with Crippen LogP contribution in [0, 0.1) is 11.3 Å². The number of aromatic hydroxyl groups is 1. The van der Waals surface area contributed by atoms with Crippen LogP contribution in [0.1, 0.15) is 5.56 Å². The van der Waals surface area contributed by atoms with Crippen LogP contribution in [0.2, 0.25) is 0 Å². The van der Waals surface area contributed by atoms with Crippen molar-refractivity contribution in [2.24, 2.45) is 0 Å². The van der Waals surface area contributed by atoms with Gasteiger partial charge in [0.2, 0.25) is 9.84 Å². The summed E-state index contributed by atoms with van der Waals surface area (Å²) < 4.78 is 25.9. The Kier molecular flexibility index (Phi) is 4.62. The highest BCUT2D eigenvalue weighted by Gasteiger charge is 2.22. The molecule has 0 saturated heterocycles. The summed E-state index contributed by atoms with van der Waals surface area (Å²) >= 11 is 3.26. The number of hydrogen-bond donors (Lipinski definition) is 1. The zero-order chi connectivity index (χ0) is 18.0. The molecule has 0 aliphatic carbocycles. The summed E-state index contributed by atoms with van der Waals surface area (Å²) in [5.74, 6) is -0.116. The first-order chi connectivity index (χ1) is 11.9. The van der Waals surface area contributed by atoms with E-state index in [0.29, 0.717) is 9.86 Å². The molecule has 0 saturated carbocycles. The van der Waals surface area contributed by atoms with Gasteiger partial charge >= 0.3 is 0 Å². The third-order valence-corrected chi connectivity index (χ3v) is 6.03. The van der Waals surface area contributed by atoms with E-state index in [2.05, 4.69) is 15.9 Å². The van der Waals surface area contributed by atoms with Gasteiger partial charge in [-0.05, 0) is 51.0 Å². The lowest BCUT2D eigenvalue weighted by Gasteiger charge is -2.09. The molecule has 0 heterocycles. The van der Waals surface area contributed by atoms with Gasteiger partial charge in [0.25, 0.3) is 0 Å². The monoisotopic (exact) mass is 413 g/mol. The largest absolute Gasteiger partial charge is 0.506 e. The van der Waals surface area contributed by atoms with Crippen LogP contribution in [0.4, 0.5) is 0 Å². The predicted octanol–water partition coefficient (Wildman–Crippen LogP) is 4.65. The summed E-state index contributed by atoms with van der Waals surface area (Å²) in [6.45, 7) is 0. The second-order valence-corrected chi connectivity index (χ2v) is 8.05. The summed E-state index contributed by atoms with van der Waals surface area (Å²) in [5, 5.41) is 21.3. The van der Waals surface area contributed by atoms with Crippen molar-refractivity contribution >= 4 is 42.6 Å². The molecule has 3 aromatic carbocycles. The molecule has 0 fully saturated rings. The highest BCUT2D eigenvalue weighted by atomic mass is 79.9. The number of phenolic OH excluding ortho intramolecular Hbond substituents is 1. The van der Waals surface area contributed by atoms with E-state index in [4.69, 9.17) is 0 Å². The van der Waals surface area contributed by atoms with Crippen LogP contribution in [0.15, 0.2) is 74.9 Å². The Morgan fingerprint density at radius 2 is 1.72 bits per heavy atom. The molecule has 0 aromatic heterocycles. The fourth-order valence-electron chi connectivity index (χ4n) is 2.50. The van der Waals surface area contributed by atoms with E-state index < -0.39 is 14.7 Å². The molecule has 124 valence electrons. The molecule has 6 heteroatoms. The lowest BCUT2D eigenvalue weighted by atomic mass is 10.0. The minimum absolute atomic E-state index is 0.0293. The topological polar surface area (TPSA) is 78.2 Å². The molecular formula is C19H12BrNO3S. The number of rotatable bonds is 3. The third kappa shape index (κ3) is 3.16. The van der Waals surface area contributed by atoms with Gasteiger partial charge in [-0.1, -0.05) is 42.5 Å². The van der Waals surface area contributed by atoms with Crippen LogP contribution >= 0.6 is 15.9 Å². The molecule has 25 heavy (non-hydrogen) atoms. The highest BCUT2D eigenvalue weighted by molar-refractivity contribution is 9.10. The van der Waals surface area contributed by atoms with Gasteiger partial charge < -0.3 is 5.11 Å². The fourth-order valence-corrected chi connectivity index (χ4v) is 4.13. The first-order valence-electron chi connectivity index (χ1n) is 7.27. The highest BCUT2D eigenvalue weighted by Crippen LogP contribution is 2.37. The van der Waals surface area contributed by atoms with Gasteiger partial charge in [0.15, 0.2) is 0 Å². The van der Waals surface area contributed by atoms with Crippen LogP contribution < -0.4 is 0 Å². The van der Waals surface area contributed by atoms with Gasteiger partial charge in [0, 0.05) is 5.56 Å². The molecule has 0 spiro atoms. The molecular weight excluding hydrogens is 402 g/mol. The van der Waals surface area contributed by atoms with Crippen LogP contribution in [0.3, 0.4) is 0 Å². The number of nitrogens with zero attached hydrogens (tertiary/aromatic N) is 1. The number of halogens is 1. The van der Waals surface area contributed by atoms with Gasteiger partial charge in [-0.15, -0.1) is 0 Å². The number of sulfone groups is 1. The molecule has 0 radical (unpaired) electrons. The standard InChI is InChI=1S/C19H12BrNO3S/c20-18-10-13-6-4-5-9-16(13)17(19(18)22)11-15(12-21)25(23,24)14-7-2-1-3-8-14/h1-11,22H/b15-11+. The van der Waals surface area contributed by atoms with Gasteiger partial charge in [-0.2, -0.15) is 5.26 Å². The van der Waals surface area contributed by atoms with Gasteiger partial charge in [-0.25, -0.2) is 8.42 Å². The minimum atomic E-state index is -3.97. The van der Waals surface area contributed by atoms with Gasteiger partial charge in [0.1, 0.15) is 16.7 Å². The van der Waals surface area contributed by atoms with Crippen LogP contribution in [0.25, 0.3) is 16.8 Å². The number of hydrogen-bond acceptors (Lipinski definition) is 4. The normalized spacial score (nSPS) is 12.1. The van der Waals surface area contributed by atoms with Gasteiger partial charge in [0.05, 0.1) is 9.37 Å². The van der Waals surface area contributed by atoms with E-state index >= 15 is 0 Å². The summed E-state index contributed by atoms with van der Waals surface area (Å²) in [5.41, 5.74) is 0.279. The number of fused-ring (bicyclic) bond motifs is 1. The number of allylic oxidation sites excluding steroid dienone is 1.